The molecule has 0 aromatic heterocycles. The highest BCUT2D eigenvalue weighted by Gasteiger charge is 2.19. The highest BCUT2D eigenvalue weighted by molar-refractivity contribution is 5.71. The molecular formula is C61H96O6. The molecule has 0 heterocycles. The smallest absolute Gasteiger partial charge is 0.306 e. The minimum absolute atomic E-state index is 0.140. The molecule has 67 heavy (non-hydrogen) atoms. The van der Waals surface area contributed by atoms with Crippen molar-refractivity contribution in [2.24, 2.45) is 0 Å². The Balaban J connectivity index is 4.63. The summed E-state index contributed by atoms with van der Waals surface area (Å²) < 4.78 is 16.6. The third kappa shape index (κ3) is 52.4. The molecule has 0 bridgehead atoms. The Kier molecular flexibility index (Phi) is 50.6. The largest absolute Gasteiger partial charge is 0.462 e. The number of unbranched alkanes of at least 4 members (excludes halogenated alkanes) is 13. The van der Waals surface area contributed by atoms with Crippen LogP contribution in [0.4, 0.5) is 0 Å². The maximum absolute atomic E-state index is 12.8. The predicted molar refractivity (Wildman–Crippen MR) is 288 cm³/mol. The Bertz CT molecular complexity index is 1480. The molecule has 0 aliphatic carbocycles. The van der Waals surface area contributed by atoms with Crippen LogP contribution in [0.5, 0.6) is 0 Å². The fourth-order valence-corrected chi connectivity index (χ4v) is 6.56. The van der Waals surface area contributed by atoms with Crippen LogP contribution in [0.15, 0.2) is 134 Å². The number of esters is 3. The van der Waals surface area contributed by atoms with Gasteiger partial charge in [0, 0.05) is 19.3 Å². The number of allylic oxidation sites excluding steroid dienone is 22. The van der Waals surface area contributed by atoms with Crippen LogP contribution in [-0.4, -0.2) is 37.2 Å². The summed E-state index contributed by atoms with van der Waals surface area (Å²) in [4.78, 5) is 37.9. The lowest BCUT2D eigenvalue weighted by Crippen LogP contribution is -2.30. The summed E-state index contributed by atoms with van der Waals surface area (Å²) in [6.45, 7) is 6.39. The lowest BCUT2D eigenvalue weighted by molar-refractivity contribution is -0.166. The number of carbonyl (C=O) groups is 3. The van der Waals surface area contributed by atoms with E-state index in [-0.39, 0.29) is 38.0 Å². The zero-order valence-corrected chi connectivity index (χ0v) is 42.9. The third-order valence-corrected chi connectivity index (χ3v) is 10.6. The van der Waals surface area contributed by atoms with E-state index in [2.05, 4.69) is 130 Å². The summed E-state index contributed by atoms with van der Waals surface area (Å²) in [5.41, 5.74) is 0. The summed E-state index contributed by atoms with van der Waals surface area (Å²) >= 11 is 0. The molecule has 1 atom stereocenters. The van der Waals surface area contributed by atoms with Crippen LogP contribution in [-0.2, 0) is 28.6 Å². The molecule has 0 aromatic carbocycles. The van der Waals surface area contributed by atoms with Crippen molar-refractivity contribution < 1.29 is 28.6 Å². The van der Waals surface area contributed by atoms with Crippen molar-refractivity contribution in [3.63, 3.8) is 0 Å². The van der Waals surface area contributed by atoms with E-state index in [1.54, 1.807) is 0 Å². The second-order valence-electron chi connectivity index (χ2n) is 17.1. The summed E-state index contributed by atoms with van der Waals surface area (Å²) in [5, 5.41) is 0. The molecule has 6 heteroatoms. The minimum atomic E-state index is -0.855. The van der Waals surface area contributed by atoms with E-state index < -0.39 is 12.1 Å². The summed E-state index contributed by atoms with van der Waals surface area (Å²) in [7, 11) is 0. The first-order valence-electron chi connectivity index (χ1n) is 26.7. The van der Waals surface area contributed by atoms with Gasteiger partial charge in [0.2, 0.25) is 0 Å². The number of ether oxygens (including phenoxy) is 3. The fourth-order valence-electron chi connectivity index (χ4n) is 6.56. The van der Waals surface area contributed by atoms with E-state index in [9.17, 15) is 14.4 Å². The standard InChI is InChI=1S/C61H96O6/c1-4-7-10-13-16-19-22-24-26-28-30-32-34-36-39-42-45-48-51-54-60(63)66-57-58(56-65-59(62)53-50-47-44-41-38-21-18-15-12-9-6-3)67-61(64)55-52-49-46-43-40-37-35-33-31-29-27-25-23-20-17-14-11-8-5-2/h15-20,24-27,30-33,36-37,39-40,45-46,48-49,58H,4-14,21-23,28-29,34-35,38,41-44,47,50-57H2,1-3H3/b18-15-,19-16-,20-17-,26-24-,27-25-,32-30-,33-31-,39-36-,40-37-,48-45-,49-46-/t58-/m0/s1. The van der Waals surface area contributed by atoms with Gasteiger partial charge in [-0.3, -0.25) is 14.4 Å². The van der Waals surface area contributed by atoms with Gasteiger partial charge in [0.25, 0.3) is 0 Å². The molecule has 0 spiro atoms. The van der Waals surface area contributed by atoms with Crippen LogP contribution in [0, 0.1) is 0 Å². The maximum Gasteiger partial charge on any atom is 0.306 e. The predicted octanol–water partition coefficient (Wildman–Crippen LogP) is 17.9. The molecule has 0 radical (unpaired) electrons. The molecule has 0 aliphatic heterocycles. The van der Waals surface area contributed by atoms with Crippen molar-refractivity contribution in [3.8, 4) is 0 Å². The monoisotopic (exact) mass is 925 g/mol. The SMILES string of the molecule is CCCC/C=C\CCCCCCCC(=O)OC[C@@H](COC(=O)CC/C=C\C/C=C\C/C=C\C/C=C\C/C=C\CCCCC)OC(=O)CC/C=C\C/C=C\C/C=C\C/C=C\C/C=C\CCCCC. The first-order valence-corrected chi connectivity index (χ1v) is 26.7. The topological polar surface area (TPSA) is 78.9 Å². The second kappa shape index (κ2) is 54.2. The van der Waals surface area contributed by atoms with Gasteiger partial charge in [0.1, 0.15) is 13.2 Å². The quantitative estimate of drug-likeness (QED) is 0.0262. The van der Waals surface area contributed by atoms with Gasteiger partial charge >= 0.3 is 17.9 Å². The van der Waals surface area contributed by atoms with E-state index >= 15 is 0 Å². The Morgan fingerprint density at radius 2 is 0.582 bits per heavy atom. The van der Waals surface area contributed by atoms with Gasteiger partial charge in [-0.2, -0.15) is 0 Å². The van der Waals surface area contributed by atoms with E-state index in [0.29, 0.717) is 19.3 Å². The van der Waals surface area contributed by atoms with Crippen molar-refractivity contribution in [1.82, 2.24) is 0 Å². The molecule has 376 valence electrons. The fraction of sp³-hybridized carbons (Fsp3) is 0.590. The molecule has 0 aromatic rings. The molecule has 0 aliphatic rings. The van der Waals surface area contributed by atoms with E-state index in [0.717, 1.165) is 89.9 Å². The highest BCUT2D eigenvalue weighted by Crippen LogP contribution is 2.11. The van der Waals surface area contributed by atoms with Crippen molar-refractivity contribution >= 4 is 17.9 Å². The normalized spacial score (nSPS) is 13.2. The molecule has 0 amide bonds. The van der Waals surface area contributed by atoms with Gasteiger partial charge in [-0.25, -0.2) is 0 Å². The van der Waals surface area contributed by atoms with Crippen LogP contribution >= 0.6 is 0 Å². The molecule has 0 unspecified atom stereocenters. The Morgan fingerprint density at radius 3 is 0.985 bits per heavy atom. The molecule has 0 fully saturated rings. The number of carbonyl (C=O) groups excluding carboxylic acids is 3. The van der Waals surface area contributed by atoms with Crippen molar-refractivity contribution in [2.45, 2.75) is 219 Å². The lowest BCUT2D eigenvalue weighted by atomic mass is 10.1. The van der Waals surface area contributed by atoms with Crippen LogP contribution in [0.25, 0.3) is 0 Å². The summed E-state index contributed by atoms with van der Waals surface area (Å²) in [6.07, 6.45) is 76.0. The first-order chi connectivity index (χ1) is 33.0. The maximum atomic E-state index is 12.8. The average Bonchev–Trinajstić information content (AvgIpc) is 3.33. The summed E-state index contributed by atoms with van der Waals surface area (Å²) in [5.74, 6) is -1.13. The van der Waals surface area contributed by atoms with E-state index in [4.69, 9.17) is 14.2 Å². The van der Waals surface area contributed by atoms with Crippen LogP contribution in [0.2, 0.25) is 0 Å². The zero-order valence-electron chi connectivity index (χ0n) is 42.9. The van der Waals surface area contributed by atoms with Crippen LogP contribution < -0.4 is 0 Å². The van der Waals surface area contributed by atoms with Gasteiger partial charge in [-0.05, 0) is 116 Å². The van der Waals surface area contributed by atoms with Gasteiger partial charge in [-0.1, -0.05) is 212 Å². The zero-order chi connectivity index (χ0) is 48.6. The third-order valence-electron chi connectivity index (χ3n) is 10.6. The molecule has 0 N–H and O–H groups in total. The van der Waals surface area contributed by atoms with Gasteiger partial charge < -0.3 is 14.2 Å². The van der Waals surface area contributed by atoms with Gasteiger partial charge in [0.05, 0.1) is 0 Å². The highest BCUT2D eigenvalue weighted by atomic mass is 16.6. The number of hydrogen-bond acceptors (Lipinski definition) is 6. The molecule has 6 nitrogen and oxygen atoms in total. The first kappa shape index (κ1) is 62.5. The Morgan fingerprint density at radius 1 is 0.299 bits per heavy atom. The molecule has 0 rings (SSSR count). The number of hydrogen-bond donors (Lipinski definition) is 0. The molecular weight excluding hydrogens is 829 g/mol. The molecule has 0 saturated heterocycles. The van der Waals surface area contributed by atoms with E-state index in [1.807, 2.05) is 24.3 Å². The van der Waals surface area contributed by atoms with Gasteiger partial charge in [0.15, 0.2) is 6.10 Å². The van der Waals surface area contributed by atoms with Crippen LogP contribution in [0.1, 0.15) is 213 Å². The van der Waals surface area contributed by atoms with Crippen LogP contribution in [0.3, 0.4) is 0 Å². The van der Waals surface area contributed by atoms with Crippen molar-refractivity contribution in [1.29, 1.82) is 0 Å². The van der Waals surface area contributed by atoms with Gasteiger partial charge in [-0.15, -0.1) is 0 Å². The average molecular weight is 925 g/mol. The van der Waals surface area contributed by atoms with Crippen molar-refractivity contribution in [2.75, 3.05) is 13.2 Å². The number of rotatable bonds is 46. The minimum Gasteiger partial charge on any atom is -0.462 e. The Labute approximate surface area is 411 Å². The lowest BCUT2D eigenvalue weighted by Gasteiger charge is -2.18. The summed E-state index contributed by atoms with van der Waals surface area (Å²) in [6, 6.07) is 0. The molecule has 0 saturated carbocycles. The van der Waals surface area contributed by atoms with Crippen molar-refractivity contribution in [3.05, 3.63) is 134 Å². The second-order valence-corrected chi connectivity index (χ2v) is 17.1. The van der Waals surface area contributed by atoms with E-state index in [1.165, 1.54) is 70.6 Å². The Hall–Kier alpha value is -4.45.